The zero-order valence-corrected chi connectivity index (χ0v) is 9.78. The summed E-state index contributed by atoms with van der Waals surface area (Å²) in [5, 5.41) is 48.1. The molecule has 7 nitrogen and oxygen atoms in total. The molecule has 0 aliphatic rings. The van der Waals surface area contributed by atoms with Crippen molar-refractivity contribution in [2.75, 3.05) is 13.2 Å². The molecule has 6 N–H and O–H groups in total. The van der Waals surface area contributed by atoms with E-state index in [1.807, 2.05) is 6.92 Å². The fourth-order valence-electron chi connectivity index (χ4n) is 1.22. The Hall–Kier alpha value is -0.730. The highest BCUT2D eigenvalue weighted by Gasteiger charge is 2.29. The summed E-state index contributed by atoms with van der Waals surface area (Å²) in [6, 6.07) is 0. The van der Waals surface area contributed by atoms with E-state index in [2.05, 4.69) is 5.32 Å². The van der Waals surface area contributed by atoms with Gasteiger partial charge in [-0.25, -0.2) is 0 Å². The van der Waals surface area contributed by atoms with Gasteiger partial charge in [-0.2, -0.15) is 0 Å². The van der Waals surface area contributed by atoms with Crippen LogP contribution >= 0.6 is 0 Å². The van der Waals surface area contributed by atoms with Gasteiger partial charge in [0, 0.05) is 13.0 Å². The zero-order valence-electron chi connectivity index (χ0n) is 9.78. The van der Waals surface area contributed by atoms with Gasteiger partial charge in [0.1, 0.15) is 18.3 Å². The molecule has 1 amide bonds. The number of hydrogen-bond acceptors (Lipinski definition) is 6. The highest BCUT2D eigenvalue weighted by molar-refractivity contribution is 5.75. The van der Waals surface area contributed by atoms with Gasteiger partial charge in [0.05, 0.1) is 12.7 Å². The minimum Gasteiger partial charge on any atom is -0.394 e. The Morgan fingerprint density at radius 2 is 1.65 bits per heavy atom. The molecule has 0 fully saturated rings. The van der Waals surface area contributed by atoms with Crippen molar-refractivity contribution >= 4 is 5.91 Å². The first kappa shape index (κ1) is 16.3. The van der Waals surface area contributed by atoms with Crippen LogP contribution in [0, 0.1) is 0 Å². The van der Waals surface area contributed by atoms with Gasteiger partial charge in [-0.1, -0.05) is 6.92 Å². The molecule has 0 rings (SSSR count). The molecule has 0 spiro atoms. The van der Waals surface area contributed by atoms with E-state index in [-0.39, 0.29) is 12.5 Å². The first-order valence-electron chi connectivity index (χ1n) is 5.53. The average molecular weight is 251 g/mol. The van der Waals surface area contributed by atoms with Crippen LogP contribution in [-0.4, -0.2) is 69.0 Å². The number of hydrogen-bond donors (Lipinski definition) is 6. The number of carbonyl (C=O) groups excluding carboxylic acids is 1. The molecule has 0 aromatic carbocycles. The van der Waals surface area contributed by atoms with Crippen LogP contribution in [0.2, 0.25) is 0 Å². The van der Waals surface area contributed by atoms with Crippen molar-refractivity contribution in [3.8, 4) is 0 Å². The molecule has 0 radical (unpaired) electrons. The quantitative estimate of drug-likeness (QED) is 0.279. The third kappa shape index (κ3) is 5.94. The lowest BCUT2D eigenvalue weighted by Crippen LogP contribution is -2.49. The van der Waals surface area contributed by atoms with E-state index >= 15 is 0 Å². The predicted octanol–water partition coefficient (Wildman–Crippen LogP) is -2.66. The largest absolute Gasteiger partial charge is 0.394 e. The third-order valence-electron chi connectivity index (χ3n) is 2.31. The lowest BCUT2D eigenvalue weighted by molar-refractivity contribution is -0.126. The van der Waals surface area contributed by atoms with Crippen molar-refractivity contribution in [3.63, 3.8) is 0 Å². The van der Waals surface area contributed by atoms with Crippen molar-refractivity contribution in [2.45, 2.75) is 44.2 Å². The summed E-state index contributed by atoms with van der Waals surface area (Å²) < 4.78 is 0. The second kappa shape index (κ2) is 8.37. The Morgan fingerprint density at radius 3 is 2.12 bits per heavy atom. The molecule has 0 unspecified atom stereocenters. The fraction of sp³-hybridized carbons (Fsp3) is 0.900. The molecule has 4 atom stereocenters. The van der Waals surface area contributed by atoms with Crippen LogP contribution in [0.3, 0.4) is 0 Å². The molecule has 0 aromatic rings. The molecule has 17 heavy (non-hydrogen) atoms. The van der Waals surface area contributed by atoms with Crippen LogP contribution in [0.4, 0.5) is 0 Å². The Morgan fingerprint density at radius 1 is 1.12 bits per heavy atom. The smallest absolute Gasteiger partial charge is 0.220 e. The van der Waals surface area contributed by atoms with Gasteiger partial charge in [-0.3, -0.25) is 4.79 Å². The average Bonchev–Trinajstić information content (AvgIpc) is 2.33. The topological polar surface area (TPSA) is 130 Å². The van der Waals surface area contributed by atoms with Crippen LogP contribution in [0.15, 0.2) is 0 Å². The zero-order chi connectivity index (χ0) is 13.4. The summed E-state index contributed by atoms with van der Waals surface area (Å²) in [5.41, 5.74) is 0. The summed E-state index contributed by atoms with van der Waals surface area (Å²) in [4.78, 5) is 11.1. The summed E-state index contributed by atoms with van der Waals surface area (Å²) in [5.74, 6) is -0.268. The number of aliphatic hydroxyl groups excluding tert-OH is 5. The van der Waals surface area contributed by atoms with E-state index in [0.717, 1.165) is 0 Å². The predicted molar refractivity (Wildman–Crippen MR) is 59.0 cm³/mol. The van der Waals surface area contributed by atoms with Gasteiger partial charge in [0.2, 0.25) is 5.91 Å². The van der Waals surface area contributed by atoms with Crippen molar-refractivity contribution in [3.05, 3.63) is 0 Å². The molecule has 0 aliphatic carbocycles. The van der Waals surface area contributed by atoms with Crippen LogP contribution in [0.25, 0.3) is 0 Å². The normalized spacial score (nSPS) is 18.2. The van der Waals surface area contributed by atoms with Crippen molar-refractivity contribution in [2.24, 2.45) is 0 Å². The molecule has 7 heteroatoms. The van der Waals surface area contributed by atoms with Gasteiger partial charge in [0.25, 0.3) is 0 Å². The highest BCUT2D eigenvalue weighted by atomic mass is 16.4. The highest BCUT2D eigenvalue weighted by Crippen LogP contribution is 2.04. The molecule has 0 saturated heterocycles. The van der Waals surface area contributed by atoms with Crippen LogP contribution < -0.4 is 5.32 Å². The number of aliphatic hydroxyl groups is 5. The SMILES string of the molecule is CCCC(=O)NC[C@H](O)[C@@H](O)[C@H](O)[C@H](O)CO. The molecular formula is C10H21NO6. The maximum atomic E-state index is 11.1. The third-order valence-corrected chi connectivity index (χ3v) is 2.31. The number of carbonyl (C=O) groups is 1. The lowest BCUT2D eigenvalue weighted by atomic mass is 10.0. The summed E-state index contributed by atoms with van der Waals surface area (Å²) in [7, 11) is 0. The maximum Gasteiger partial charge on any atom is 0.220 e. The van der Waals surface area contributed by atoms with E-state index in [4.69, 9.17) is 10.2 Å². The molecule has 0 heterocycles. The van der Waals surface area contributed by atoms with Crippen LogP contribution in [-0.2, 0) is 4.79 Å². The molecule has 0 bridgehead atoms. The van der Waals surface area contributed by atoms with Crippen LogP contribution in [0.5, 0.6) is 0 Å². The molecule has 0 saturated carbocycles. The van der Waals surface area contributed by atoms with E-state index in [1.165, 1.54) is 0 Å². The van der Waals surface area contributed by atoms with E-state index < -0.39 is 31.0 Å². The molecule has 0 aromatic heterocycles. The monoisotopic (exact) mass is 251 g/mol. The van der Waals surface area contributed by atoms with Crippen LogP contribution in [0.1, 0.15) is 19.8 Å². The van der Waals surface area contributed by atoms with Gasteiger partial charge >= 0.3 is 0 Å². The number of rotatable bonds is 8. The molecule has 102 valence electrons. The standard InChI is InChI=1S/C10H21NO6/c1-2-3-8(15)11-4-6(13)9(16)10(17)7(14)5-12/h6-7,9-10,12-14,16-17H,2-5H2,1H3,(H,11,15)/t6-,7+,9+,10+/m0/s1. The molecule has 0 aliphatic heterocycles. The first-order valence-corrected chi connectivity index (χ1v) is 5.53. The lowest BCUT2D eigenvalue weighted by Gasteiger charge is -2.25. The van der Waals surface area contributed by atoms with E-state index in [9.17, 15) is 20.1 Å². The minimum atomic E-state index is -1.67. The second-order valence-corrected chi connectivity index (χ2v) is 3.85. The van der Waals surface area contributed by atoms with Gasteiger partial charge < -0.3 is 30.8 Å². The van der Waals surface area contributed by atoms with Crippen molar-refractivity contribution in [1.29, 1.82) is 0 Å². The first-order chi connectivity index (χ1) is 7.93. The Bertz CT molecular complexity index is 225. The van der Waals surface area contributed by atoms with Crippen molar-refractivity contribution < 1.29 is 30.3 Å². The van der Waals surface area contributed by atoms with Crippen molar-refractivity contribution in [1.82, 2.24) is 5.32 Å². The van der Waals surface area contributed by atoms with Gasteiger partial charge in [0.15, 0.2) is 0 Å². The van der Waals surface area contributed by atoms with Gasteiger partial charge in [-0.05, 0) is 6.42 Å². The summed E-state index contributed by atoms with van der Waals surface area (Å²) >= 11 is 0. The van der Waals surface area contributed by atoms with E-state index in [0.29, 0.717) is 12.8 Å². The Kier molecular flexibility index (Phi) is 8.01. The Balaban J connectivity index is 4.04. The fourth-order valence-corrected chi connectivity index (χ4v) is 1.22. The second-order valence-electron chi connectivity index (χ2n) is 3.85. The summed E-state index contributed by atoms with van der Waals surface area (Å²) in [6.45, 7) is 0.870. The molecular weight excluding hydrogens is 230 g/mol. The summed E-state index contributed by atoms with van der Waals surface area (Å²) in [6.07, 6.45) is -5.28. The van der Waals surface area contributed by atoms with E-state index in [1.54, 1.807) is 0 Å². The number of nitrogens with one attached hydrogen (secondary N) is 1. The Labute approximate surface area is 99.7 Å². The minimum absolute atomic E-state index is 0.227. The maximum absolute atomic E-state index is 11.1. The van der Waals surface area contributed by atoms with Gasteiger partial charge in [-0.15, -0.1) is 0 Å². The number of amides is 1.